The van der Waals surface area contributed by atoms with Crippen LogP contribution in [0.5, 0.6) is 5.75 Å². The topological polar surface area (TPSA) is 93.5 Å². The maximum atomic E-state index is 12.9. The molecule has 0 unspecified atom stereocenters. The summed E-state index contributed by atoms with van der Waals surface area (Å²) in [7, 11) is 0. The van der Waals surface area contributed by atoms with E-state index < -0.39 is 0 Å². The van der Waals surface area contributed by atoms with Gasteiger partial charge in [-0.25, -0.2) is 4.68 Å². The van der Waals surface area contributed by atoms with Crippen LogP contribution >= 0.6 is 0 Å². The van der Waals surface area contributed by atoms with E-state index in [1.807, 2.05) is 23.1 Å². The molecule has 1 fully saturated rings. The van der Waals surface area contributed by atoms with E-state index >= 15 is 0 Å². The summed E-state index contributed by atoms with van der Waals surface area (Å²) in [4.78, 5) is 28.9. The smallest absolute Gasteiger partial charge is 0.253 e. The van der Waals surface area contributed by atoms with Crippen LogP contribution in [0.1, 0.15) is 28.8 Å². The molecule has 9 nitrogen and oxygen atoms in total. The zero-order valence-electron chi connectivity index (χ0n) is 15.1. The Morgan fingerprint density at radius 2 is 1.93 bits per heavy atom. The minimum absolute atomic E-state index is 0.0122. The van der Waals surface area contributed by atoms with E-state index in [1.54, 1.807) is 4.90 Å². The molecule has 1 saturated heterocycles. The Balaban J connectivity index is 1.39. The van der Waals surface area contributed by atoms with E-state index in [2.05, 4.69) is 15.5 Å². The number of ether oxygens (including phenoxy) is 1. The standard InChI is InChI=1S/C18H22N6O3/c25-17(12-24-13-19-20-21-24)22-6-2-7-23(9-8-22)18(26)15-4-5-16-14(11-15)3-1-10-27-16/h4-5,11,13H,1-3,6-10,12H2. The highest BCUT2D eigenvalue weighted by atomic mass is 16.5. The fraction of sp³-hybridized carbons (Fsp3) is 0.500. The molecule has 1 aromatic heterocycles. The lowest BCUT2D eigenvalue weighted by Crippen LogP contribution is -2.38. The number of amides is 2. The third-order valence-electron chi connectivity index (χ3n) is 4.98. The number of tetrazole rings is 1. The Labute approximate surface area is 156 Å². The summed E-state index contributed by atoms with van der Waals surface area (Å²) >= 11 is 0. The number of benzene rings is 1. The molecule has 0 aliphatic carbocycles. The highest BCUT2D eigenvalue weighted by Crippen LogP contribution is 2.26. The minimum Gasteiger partial charge on any atom is -0.493 e. The van der Waals surface area contributed by atoms with Crippen molar-refractivity contribution in [3.63, 3.8) is 0 Å². The van der Waals surface area contributed by atoms with Crippen molar-refractivity contribution in [3.8, 4) is 5.75 Å². The third-order valence-corrected chi connectivity index (χ3v) is 4.98. The first-order chi connectivity index (χ1) is 13.2. The minimum atomic E-state index is -0.0393. The lowest BCUT2D eigenvalue weighted by Gasteiger charge is -2.23. The van der Waals surface area contributed by atoms with E-state index in [-0.39, 0.29) is 18.4 Å². The van der Waals surface area contributed by atoms with Gasteiger partial charge in [-0.05, 0) is 53.5 Å². The zero-order valence-corrected chi connectivity index (χ0v) is 15.1. The fourth-order valence-electron chi connectivity index (χ4n) is 3.54. The average molecular weight is 370 g/mol. The molecule has 27 heavy (non-hydrogen) atoms. The van der Waals surface area contributed by atoms with Crippen molar-refractivity contribution in [1.82, 2.24) is 30.0 Å². The molecule has 1 aromatic carbocycles. The molecule has 2 amide bonds. The van der Waals surface area contributed by atoms with Gasteiger partial charge in [-0.1, -0.05) is 0 Å². The summed E-state index contributed by atoms with van der Waals surface area (Å²) in [6, 6.07) is 5.67. The van der Waals surface area contributed by atoms with Crippen LogP contribution in [0.2, 0.25) is 0 Å². The van der Waals surface area contributed by atoms with Crippen molar-refractivity contribution in [2.45, 2.75) is 25.8 Å². The first kappa shape index (κ1) is 17.4. The first-order valence-electron chi connectivity index (χ1n) is 9.24. The summed E-state index contributed by atoms with van der Waals surface area (Å²) in [5, 5.41) is 10.8. The van der Waals surface area contributed by atoms with Gasteiger partial charge < -0.3 is 14.5 Å². The van der Waals surface area contributed by atoms with Crippen molar-refractivity contribution in [2.75, 3.05) is 32.8 Å². The van der Waals surface area contributed by atoms with Gasteiger partial charge in [-0.2, -0.15) is 0 Å². The molecular formula is C18H22N6O3. The average Bonchev–Trinajstić information content (AvgIpc) is 3.08. The van der Waals surface area contributed by atoms with Gasteiger partial charge in [0.1, 0.15) is 18.6 Å². The van der Waals surface area contributed by atoms with Gasteiger partial charge in [0.15, 0.2) is 0 Å². The van der Waals surface area contributed by atoms with Crippen molar-refractivity contribution in [2.24, 2.45) is 0 Å². The highest BCUT2D eigenvalue weighted by molar-refractivity contribution is 5.94. The van der Waals surface area contributed by atoms with Crippen LogP contribution in [-0.2, 0) is 17.8 Å². The number of carbonyl (C=O) groups is 2. The van der Waals surface area contributed by atoms with Crippen LogP contribution in [0.3, 0.4) is 0 Å². The van der Waals surface area contributed by atoms with Gasteiger partial charge in [0.2, 0.25) is 5.91 Å². The first-order valence-corrected chi connectivity index (χ1v) is 9.24. The molecule has 9 heteroatoms. The summed E-state index contributed by atoms with van der Waals surface area (Å²) < 4.78 is 7.03. The molecule has 3 heterocycles. The van der Waals surface area contributed by atoms with Crippen molar-refractivity contribution in [3.05, 3.63) is 35.7 Å². The lowest BCUT2D eigenvalue weighted by molar-refractivity contribution is -0.131. The molecule has 2 aliphatic heterocycles. The number of aromatic nitrogens is 4. The number of fused-ring (bicyclic) bond motifs is 1. The van der Waals surface area contributed by atoms with Crippen LogP contribution in [0.15, 0.2) is 24.5 Å². The molecule has 0 N–H and O–H groups in total. The predicted molar refractivity (Wildman–Crippen MR) is 95.2 cm³/mol. The molecule has 0 radical (unpaired) electrons. The van der Waals surface area contributed by atoms with Crippen molar-refractivity contribution < 1.29 is 14.3 Å². The lowest BCUT2D eigenvalue weighted by atomic mass is 10.0. The maximum Gasteiger partial charge on any atom is 0.253 e. The quantitative estimate of drug-likeness (QED) is 0.775. The summed E-state index contributed by atoms with van der Waals surface area (Å²) in [5.41, 5.74) is 1.79. The Kier molecular flexibility index (Phi) is 4.99. The van der Waals surface area contributed by atoms with Gasteiger partial charge in [0, 0.05) is 31.7 Å². The molecule has 2 aromatic rings. The van der Waals surface area contributed by atoms with Gasteiger partial charge >= 0.3 is 0 Å². The summed E-state index contributed by atoms with van der Waals surface area (Å²) in [5.74, 6) is 0.855. The Hall–Kier alpha value is -2.97. The second kappa shape index (κ2) is 7.73. The number of aryl methyl sites for hydroxylation is 1. The maximum absolute atomic E-state index is 12.9. The second-order valence-corrected chi connectivity index (χ2v) is 6.81. The summed E-state index contributed by atoms with van der Waals surface area (Å²) in [6.07, 6.45) is 4.09. The normalized spacial score (nSPS) is 17.0. The zero-order chi connectivity index (χ0) is 18.6. The van der Waals surface area contributed by atoms with Gasteiger partial charge in [-0.3, -0.25) is 9.59 Å². The third kappa shape index (κ3) is 3.91. The molecule has 4 rings (SSSR count). The van der Waals surface area contributed by atoms with Crippen LogP contribution in [0.25, 0.3) is 0 Å². The number of rotatable bonds is 3. The number of hydrogen-bond acceptors (Lipinski definition) is 6. The predicted octanol–water partition coefficient (Wildman–Crippen LogP) is 0.373. The van der Waals surface area contributed by atoms with Gasteiger partial charge in [0.05, 0.1) is 6.61 Å². The van der Waals surface area contributed by atoms with Crippen LogP contribution < -0.4 is 4.74 Å². The molecule has 0 saturated carbocycles. The Morgan fingerprint density at radius 1 is 1.07 bits per heavy atom. The van der Waals surface area contributed by atoms with Gasteiger partial charge in [-0.15, -0.1) is 5.10 Å². The molecule has 142 valence electrons. The largest absolute Gasteiger partial charge is 0.493 e. The van der Waals surface area contributed by atoms with E-state index in [0.29, 0.717) is 31.7 Å². The summed E-state index contributed by atoms with van der Waals surface area (Å²) in [6.45, 7) is 3.16. The van der Waals surface area contributed by atoms with E-state index in [4.69, 9.17) is 4.74 Å². The highest BCUT2D eigenvalue weighted by Gasteiger charge is 2.24. The molecule has 0 bridgehead atoms. The molecule has 0 spiro atoms. The molecule has 2 aliphatic rings. The number of nitrogens with zero attached hydrogens (tertiary/aromatic N) is 6. The van der Waals surface area contributed by atoms with Crippen molar-refractivity contribution in [1.29, 1.82) is 0 Å². The van der Waals surface area contributed by atoms with Crippen LogP contribution in [0.4, 0.5) is 0 Å². The van der Waals surface area contributed by atoms with E-state index in [9.17, 15) is 9.59 Å². The van der Waals surface area contributed by atoms with Gasteiger partial charge in [0.25, 0.3) is 5.91 Å². The molecule has 0 atom stereocenters. The second-order valence-electron chi connectivity index (χ2n) is 6.81. The number of carbonyl (C=O) groups excluding carboxylic acids is 2. The fourth-order valence-corrected chi connectivity index (χ4v) is 3.54. The number of hydrogen-bond donors (Lipinski definition) is 0. The SMILES string of the molecule is O=C(Cn1cnnn1)N1CCCN(C(=O)c2ccc3c(c2)CCCO3)CC1. The van der Waals surface area contributed by atoms with E-state index in [1.165, 1.54) is 11.0 Å². The van der Waals surface area contributed by atoms with E-state index in [0.717, 1.165) is 37.2 Å². The Bertz CT molecular complexity index is 823. The monoisotopic (exact) mass is 370 g/mol. The van der Waals surface area contributed by atoms with Crippen molar-refractivity contribution >= 4 is 11.8 Å². The van der Waals surface area contributed by atoms with Crippen LogP contribution in [0, 0.1) is 0 Å². The molecular weight excluding hydrogens is 348 g/mol. The Morgan fingerprint density at radius 3 is 2.78 bits per heavy atom. The van der Waals surface area contributed by atoms with Crippen LogP contribution in [-0.4, -0.2) is 74.6 Å².